The van der Waals surface area contributed by atoms with Crippen molar-refractivity contribution in [1.29, 1.82) is 0 Å². The maximum absolute atomic E-state index is 4.18. The number of H-pyrrole nitrogens is 1. The fourth-order valence-electron chi connectivity index (χ4n) is 1.04. The Bertz CT molecular complexity index is 367. The van der Waals surface area contributed by atoms with Crippen LogP contribution in [0.1, 0.15) is 0 Å². The summed E-state index contributed by atoms with van der Waals surface area (Å²) in [5.74, 6) is 0.891. The van der Waals surface area contributed by atoms with Crippen LogP contribution in [0.4, 0.5) is 0 Å². The SMILES string of the molecule is Brc1cnc(-c2ccccc2)[nH]1. The first kappa shape index (κ1) is 7.55. The highest BCUT2D eigenvalue weighted by molar-refractivity contribution is 9.10. The van der Waals surface area contributed by atoms with Gasteiger partial charge in [-0.15, -0.1) is 0 Å². The first-order valence-corrected chi connectivity index (χ1v) is 4.41. The number of hydrogen-bond acceptors (Lipinski definition) is 1. The molecular formula is C9H7BrN2. The molecular weight excluding hydrogens is 216 g/mol. The van der Waals surface area contributed by atoms with Gasteiger partial charge in [-0.05, 0) is 15.9 Å². The molecule has 0 atom stereocenters. The molecule has 0 unspecified atom stereocenters. The van der Waals surface area contributed by atoms with Gasteiger partial charge in [0.15, 0.2) is 0 Å². The summed E-state index contributed by atoms with van der Waals surface area (Å²) in [6.07, 6.45) is 1.75. The maximum atomic E-state index is 4.18. The molecule has 1 heterocycles. The summed E-state index contributed by atoms with van der Waals surface area (Å²) >= 11 is 3.31. The van der Waals surface area contributed by atoms with Gasteiger partial charge in [-0.2, -0.15) is 0 Å². The molecule has 0 saturated heterocycles. The Hall–Kier alpha value is -1.09. The lowest BCUT2D eigenvalue weighted by Crippen LogP contribution is -1.77. The Balaban J connectivity index is 2.45. The van der Waals surface area contributed by atoms with Crippen molar-refractivity contribution in [2.45, 2.75) is 0 Å². The second kappa shape index (κ2) is 3.11. The van der Waals surface area contributed by atoms with E-state index in [9.17, 15) is 0 Å². The Labute approximate surface area is 78.8 Å². The van der Waals surface area contributed by atoms with E-state index in [4.69, 9.17) is 0 Å². The summed E-state index contributed by atoms with van der Waals surface area (Å²) in [5, 5.41) is 0. The van der Waals surface area contributed by atoms with Gasteiger partial charge in [-0.1, -0.05) is 30.3 Å². The smallest absolute Gasteiger partial charge is 0.138 e. The molecule has 1 N–H and O–H groups in total. The van der Waals surface area contributed by atoms with Crippen LogP contribution in [0.15, 0.2) is 41.1 Å². The summed E-state index contributed by atoms with van der Waals surface area (Å²) in [6, 6.07) is 10.0. The van der Waals surface area contributed by atoms with E-state index in [-0.39, 0.29) is 0 Å². The van der Waals surface area contributed by atoms with Crippen LogP contribution >= 0.6 is 15.9 Å². The quantitative estimate of drug-likeness (QED) is 0.791. The Kier molecular flexibility index (Phi) is 1.96. The van der Waals surface area contributed by atoms with Crippen LogP contribution in [0, 0.1) is 0 Å². The Morgan fingerprint density at radius 1 is 1.17 bits per heavy atom. The summed E-state index contributed by atoms with van der Waals surface area (Å²) in [7, 11) is 0. The zero-order chi connectivity index (χ0) is 8.39. The van der Waals surface area contributed by atoms with E-state index >= 15 is 0 Å². The summed E-state index contributed by atoms with van der Waals surface area (Å²) < 4.78 is 0.904. The normalized spacial score (nSPS) is 10.1. The van der Waals surface area contributed by atoms with Gasteiger partial charge in [0.1, 0.15) is 10.4 Å². The summed E-state index contributed by atoms with van der Waals surface area (Å²) in [4.78, 5) is 7.28. The number of halogens is 1. The summed E-state index contributed by atoms with van der Waals surface area (Å²) in [6.45, 7) is 0. The van der Waals surface area contributed by atoms with E-state index < -0.39 is 0 Å². The molecule has 0 aliphatic rings. The average molecular weight is 223 g/mol. The number of aromatic nitrogens is 2. The maximum Gasteiger partial charge on any atom is 0.138 e. The fraction of sp³-hybridized carbons (Fsp3) is 0. The van der Waals surface area contributed by atoms with E-state index in [2.05, 4.69) is 25.9 Å². The van der Waals surface area contributed by atoms with E-state index in [1.54, 1.807) is 6.20 Å². The van der Waals surface area contributed by atoms with E-state index in [1.807, 2.05) is 30.3 Å². The average Bonchev–Trinajstić information content (AvgIpc) is 2.54. The van der Waals surface area contributed by atoms with Gasteiger partial charge in [0.25, 0.3) is 0 Å². The van der Waals surface area contributed by atoms with Gasteiger partial charge in [-0.25, -0.2) is 4.98 Å². The monoisotopic (exact) mass is 222 g/mol. The number of nitrogens with zero attached hydrogens (tertiary/aromatic N) is 1. The van der Waals surface area contributed by atoms with Gasteiger partial charge in [-0.3, -0.25) is 0 Å². The lowest BCUT2D eigenvalue weighted by molar-refractivity contribution is 1.30. The van der Waals surface area contributed by atoms with Crippen molar-refractivity contribution < 1.29 is 0 Å². The van der Waals surface area contributed by atoms with Crippen LogP contribution in [0.5, 0.6) is 0 Å². The van der Waals surface area contributed by atoms with Crippen molar-refractivity contribution in [3.63, 3.8) is 0 Å². The number of aromatic amines is 1. The number of rotatable bonds is 1. The van der Waals surface area contributed by atoms with Crippen molar-refractivity contribution in [3.05, 3.63) is 41.1 Å². The lowest BCUT2D eigenvalue weighted by atomic mass is 10.2. The van der Waals surface area contributed by atoms with Crippen molar-refractivity contribution in [2.75, 3.05) is 0 Å². The van der Waals surface area contributed by atoms with Crippen LogP contribution in [-0.2, 0) is 0 Å². The molecule has 0 saturated carbocycles. The molecule has 2 rings (SSSR count). The van der Waals surface area contributed by atoms with Crippen LogP contribution in [-0.4, -0.2) is 9.97 Å². The largest absolute Gasteiger partial charge is 0.333 e. The molecule has 1 aromatic heterocycles. The molecule has 0 spiro atoms. The highest BCUT2D eigenvalue weighted by atomic mass is 79.9. The highest BCUT2D eigenvalue weighted by Crippen LogP contribution is 2.16. The third-order valence-corrected chi connectivity index (χ3v) is 2.00. The molecule has 0 amide bonds. The minimum atomic E-state index is 0.891. The van der Waals surface area contributed by atoms with Gasteiger partial charge < -0.3 is 4.98 Å². The molecule has 0 aliphatic heterocycles. The van der Waals surface area contributed by atoms with Crippen LogP contribution in [0.25, 0.3) is 11.4 Å². The molecule has 0 radical (unpaired) electrons. The van der Waals surface area contributed by atoms with Crippen molar-refractivity contribution >= 4 is 15.9 Å². The standard InChI is InChI=1S/C9H7BrN2/c10-8-6-11-9(12-8)7-4-2-1-3-5-7/h1-6H,(H,11,12). The molecule has 0 fully saturated rings. The van der Waals surface area contributed by atoms with Gasteiger partial charge in [0, 0.05) is 5.56 Å². The molecule has 1 aromatic carbocycles. The van der Waals surface area contributed by atoms with E-state index in [1.165, 1.54) is 0 Å². The van der Waals surface area contributed by atoms with Crippen LogP contribution in [0.3, 0.4) is 0 Å². The minimum Gasteiger partial charge on any atom is -0.333 e. The third kappa shape index (κ3) is 1.41. The molecule has 0 bridgehead atoms. The minimum absolute atomic E-state index is 0.891. The molecule has 12 heavy (non-hydrogen) atoms. The number of nitrogens with one attached hydrogen (secondary N) is 1. The number of hydrogen-bond donors (Lipinski definition) is 1. The van der Waals surface area contributed by atoms with Gasteiger partial charge in [0.2, 0.25) is 0 Å². The van der Waals surface area contributed by atoms with E-state index in [0.717, 1.165) is 16.0 Å². The molecule has 60 valence electrons. The highest BCUT2D eigenvalue weighted by Gasteiger charge is 1.99. The first-order valence-electron chi connectivity index (χ1n) is 3.62. The van der Waals surface area contributed by atoms with Crippen molar-refractivity contribution in [1.82, 2.24) is 9.97 Å². The predicted octanol–water partition coefficient (Wildman–Crippen LogP) is 2.84. The Morgan fingerprint density at radius 3 is 2.50 bits per heavy atom. The lowest BCUT2D eigenvalue weighted by Gasteiger charge is -1.93. The van der Waals surface area contributed by atoms with Gasteiger partial charge >= 0.3 is 0 Å². The topological polar surface area (TPSA) is 28.7 Å². The zero-order valence-electron chi connectivity index (χ0n) is 6.29. The second-order valence-electron chi connectivity index (χ2n) is 2.45. The fourth-order valence-corrected chi connectivity index (χ4v) is 1.33. The third-order valence-electron chi connectivity index (χ3n) is 1.59. The van der Waals surface area contributed by atoms with Crippen LogP contribution < -0.4 is 0 Å². The van der Waals surface area contributed by atoms with Crippen molar-refractivity contribution in [2.24, 2.45) is 0 Å². The first-order chi connectivity index (χ1) is 5.86. The second-order valence-corrected chi connectivity index (χ2v) is 3.30. The number of imidazole rings is 1. The predicted molar refractivity (Wildman–Crippen MR) is 51.7 cm³/mol. The van der Waals surface area contributed by atoms with E-state index in [0.29, 0.717) is 0 Å². The molecule has 2 nitrogen and oxygen atoms in total. The van der Waals surface area contributed by atoms with Crippen LogP contribution in [0.2, 0.25) is 0 Å². The summed E-state index contributed by atoms with van der Waals surface area (Å²) in [5.41, 5.74) is 1.10. The number of benzene rings is 1. The molecule has 2 aromatic rings. The Morgan fingerprint density at radius 2 is 1.92 bits per heavy atom. The molecule has 3 heteroatoms. The van der Waals surface area contributed by atoms with Gasteiger partial charge in [0.05, 0.1) is 6.20 Å². The van der Waals surface area contributed by atoms with Crippen molar-refractivity contribution in [3.8, 4) is 11.4 Å². The zero-order valence-corrected chi connectivity index (χ0v) is 7.88. The molecule has 0 aliphatic carbocycles.